The summed E-state index contributed by atoms with van der Waals surface area (Å²) in [5.74, 6) is -1.87. The van der Waals surface area contributed by atoms with Crippen molar-refractivity contribution >= 4 is 39.2 Å². The maximum absolute atomic E-state index is 13.4. The first-order valence-corrected chi connectivity index (χ1v) is 11.8. The number of anilines is 2. The lowest BCUT2D eigenvalue weighted by atomic mass is 10.1. The van der Waals surface area contributed by atoms with Crippen LogP contribution in [0.25, 0.3) is 0 Å². The number of rotatable bonds is 4. The Morgan fingerprint density at radius 2 is 1.76 bits per heavy atom. The Labute approximate surface area is 197 Å². The Morgan fingerprint density at radius 1 is 1.06 bits per heavy atom. The number of pyridine rings is 1. The lowest BCUT2D eigenvalue weighted by Crippen LogP contribution is -2.36. The van der Waals surface area contributed by atoms with Gasteiger partial charge in [-0.1, -0.05) is 23.7 Å². The van der Waals surface area contributed by atoms with Gasteiger partial charge in [-0.2, -0.15) is 13.2 Å². The first-order valence-electron chi connectivity index (χ1n) is 9.94. The molecule has 6 nitrogen and oxygen atoms in total. The molecule has 0 spiro atoms. The van der Waals surface area contributed by atoms with Gasteiger partial charge in [-0.15, -0.1) is 0 Å². The zero-order valence-corrected chi connectivity index (χ0v) is 18.8. The van der Waals surface area contributed by atoms with E-state index in [-0.39, 0.29) is 23.1 Å². The minimum atomic E-state index is -4.82. The van der Waals surface area contributed by atoms with Gasteiger partial charge in [-0.3, -0.25) is 4.79 Å². The van der Waals surface area contributed by atoms with Crippen molar-refractivity contribution in [3.8, 4) is 0 Å². The molecule has 0 aliphatic carbocycles. The van der Waals surface area contributed by atoms with Gasteiger partial charge >= 0.3 is 6.18 Å². The molecule has 2 aromatic carbocycles. The van der Waals surface area contributed by atoms with Crippen LogP contribution >= 0.6 is 11.6 Å². The van der Waals surface area contributed by atoms with Gasteiger partial charge in [0.2, 0.25) is 0 Å². The van der Waals surface area contributed by atoms with E-state index in [4.69, 9.17) is 11.6 Å². The monoisotopic (exact) mass is 513 g/mol. The number of nitrogens with one attached hydrogen (secondary N) is 1. The first-order chi connectivity index (χ1) is 16.0. The van der Waals surface area contributed by atoms with Crippen LogP contribution in [0.15, 0.2) is 59.5 Å². The third-order valence-corrected chi connectivity index (χ3v) is 7.31. The molecule has 0 bridgehead atoms. The second-order valence-electron chi connectivity index (χ2n) is 7.43. The average molecular weight is 514 g/mol. The molecule has 0 unspecified atom stereocenters. The molecule has 1 aromatic heterocycles. The highest BCUT2D eigenvalue weighted by Crippen LogP contribution is 2.36. The van der Waals surface area contributed by atoms with E-state index in [1.54, 1.807) is 6.07 Å². The lowest BCUT2D eigenvalue weighted by Gasteiger charge is -2.29. The number of nitrogens with zero attached hydrogens (tertiary/aromatic N) is 2. The first kappa shape index (κ1) is 24.0. The molecule has 1 aliphatic rings. The number of carbonyl (C=O) groups is 1. The van der Waals surface area contributed by atoms with Crippen LogP contribution in [0, 0.1) is 5.82 Å². The third kappa shape index (κ3) is 4.58. The predicted octanol–water partition coefficient (Wildman–Crippen LogP) is 5.29. The number of hydrogen-bond acceptors (Lipinski definition) is 4. The van der Waals surface area contributed by atoms with Crippen LogP contribution < -0.4 is 9.62 Å². The maximum atomic E-state index is 13.4. The fourth-order valence-electron chi connectivity index (χ4n) is 3.61. The van der Waals surface area contributed by atoms with E-state index >= 15 is 0 Å². The van der Waals surface area contributed by atoms with Crippen molar-refractivity contribution in [1.29, 1.82) is 0 Å². The number of aromatic nitrogens is 1. The molecule has 1 aliphatic heterocycles. The normalized spacial score (nSPS) is 14.0. The molecule has 0 fully saturated rings. The van der Waals surface area contributed by atoms with Crippen molar-refractivity contribution in [3.63, 3.8) is 0 Å². The third-order valence-electron chi connectivity index (χ3n) is 5.19. The Morgan fingerprint density at radius 3 is 2.44 bits per heavy atom. The van der Waals surface area contributed by atoms with Crippen LogP contribution in [0.2, 0.25) is 5.02 Å². The number of aryl methyl sites for hydroxylation is 1. The number of halogens is 5. The molecule has 2 heterocycles. The van der Waals surface area contributed by atoms with E-state index in [0.29, 0.717) is 18.4 Å². The highest BCUT2D eigenvalue weighted by molar-refractivity contribution is 7.92. The Balaban J connectivity index is 1.69. The quantitative estimate of drug-likeness (QED) is 0.481. The number of sulfonamides is 1. The molecule has 0 saturated carbocycles. The van der Waals surface area contributed by atoms with Crippen molar-refractivity contribution < 1.29 is 30.8 Å². The van der Waals surface area contributed by atoms with Crippen molar-refractivity contribution in [2.45, 2.75) is 23.9 Å². The van der Waals surface area contributed by atoms with Crippen LogP contribution in [-0.2, 0) is 22.6 Å². The number of carbonyl (C=O) groups excluding carboxylic acids is 1. The predicted molar refractivity (Wildman–Crippen MR) is 118 cm³/mol. The van der Waals surface area contributed by atoms with Crippen LogP contribution in [0.5, 0.6) is 0 Å². The van der Waals surface area contributed by atoms with Crippen molar-refractivity contribution in [1.82, 2.24) is 4.98 Å². The topological polar surface area (TPSA) is 79.4 Å². The smallest absolute Gasteiger partial charge is 0.306 e. The van der Waals surface area contributed by atoms with E-state index in [2.05, 4.69) is 10.3 Å². The largest absolute Gasteiger partial charge is 0.417 e. The van der Waals surface area contributed by atoms with Crippen LogP contribution in [-0.4, -0.2) is 25.9 Å². The Kier molecular flexibility index (Phi) is 6.26. The molecule has 0 saturated heterocycles. The molecular formula is C22H16ClF4N3O3S. The van der Waals surface area contributed by atoms with Crippen molar-refractivity contribution in [2.75, 3.05) is 16.2 Å². The number of fused-ring (bicyclic) bond motifs is 1. The zero-order valence-electron chi connectivity index (χ0n) is 17.2. The van der Waals surface area contributed by atoms with Crippen LogP contribution in [0.4, 0.5) is 29.2 Å². The lowest BCUT2D eigenvalue weighted by molar-refractivity contribution is -0.137. The molecule has 12 heteroatoms. The van der Waals surface area contributed by atoms with Gasteiger partial charge in [-0.25, -0.2) is 22.1 Å². The molecule has 178 valence electrons. The molecule has 1 amide bonds. The summed E-state index contributed by atoms with van der Waals surface area (Å²) in [6, 6.07) is 10.2. The van der Waals surface area contributed by atoms with Crippen molar-refractivity contribution in [3.05, 3.63) is 82.1 Å². The molecule has 4 rings (SSSR count). The fourth-order valence-corrected chi connectivity index (χ4v) is 5.36. The second kappa shape index (κ2) is 8.88. The summed E-state index contributed by atoms with van der Waals surface area (Å²) < 4.78 is 80.7. The van der Waals surface area contributed by atoms with Gasteiger partial charge in [0.1, 0.15) is 17.5 Å². The SMILES string of the molecule is O=C(Nc1ccc2c(n1)N(S(=O)(=O)c1ccc(F)cc1)CCC2)c1c(Cl)cccc1C(F)(F)F. The molecule has 3 aromatic rings. The number of hydrogen-bond donors (Lipinski definition) is 1. The van der Waals surface area contributed by atoms with Crippen molar-refractivity contribution in [2.24, 2.45) is 0 Å². The van der Waals surface area contributed by atoms with E-state index in [9.17, 15) is 30.8 Å². The van der Waals surface area contributed by atoms with E-state index in [1.807, 2.05) is 0 Å². The highest BCUT2D eigenvalue weighted by atomic mass is 35.5. The summed E-state index contributed by atoms with van der Waals surface area (Å²) in [5, 5.41) is 1.88. The summed E-state index contributed by atoms with van der Waals surface area (Å²) in [4.78, 5) is 16.8. The van der Waals surface area contributed by atoms with Gasteiger partial charge in [0.05, 0.1) is 21.0 Å². The molecule has 1 N–H and O–H groups in total. The summed E-state index contributed by atoms with van der Waals surface area (Å²) in [5.41, 5.74) is -1.41. The Bertz CT molecular complexity index is 1360. The number of alkyl halides is 3. The molecular weight excluding hydrogens is 498 g/mol. The average Bonchev–Trinajstić information content (AvgIpc) is 2.78. The summed E-state index contributed by atoms with van der Waals surface area (Å²) in [7, 11) is -4.10. The van der Waals surface area contributed by atoms with Gasteiger partial charge in [0.25, 0.3) is 15.9 Å². The van der Waals surface area contributed by atoms with Gasteiger partial charge in [0, 0.05) is 6.54 Å². The van der Waals surface area contributed by atoms with Crippen LogP contribution in [0.3, 0.4) is 0 Å². The Hall–Kier alpha value is -3.18. The zero-order chi connectivity index (χ0) is 24.7. The minimum absolute atomic E-state index is 0.0311. The molecule has 0 radical (unpaired) electrons. The summed E-state index contributed by atoms with van der Waals surface area (Å²) in [6.07, 6.45) is -3.81. The summed E-state index contributed by atoms with van der Waals surface area (Å²) >= 11 is 5.88. The second-order valence-corrected chi connectivity index (χ2v) is 9.70. The van der Waals surface area contributed by atoms with Crippen LogP contribution in [0.1, 0.15) is 27.9 Å². The molecule has 34 heavy (non-hydrogen) atoms. The minimum Gasteiger partial charge on any atom is -0.306 e. The molecule has 0 atom stereocenters. The highest BCUT2D eigenvalue weighted by Gasteiger charge is 2.36. The summed E-state index contributed by atoms with van der Waals surface area (Å²) in [6.45, 7) is 0.0832. The van der Waals surface area contributed by atoms with E-state index in [1.165, 1.54) is 6.07 Å². The van der Waals surface area contributed by atoms with Gasteiger partial charge in [0.15, 0.2) is 0 Å². The number of amides is 1. The fraction of sp³-hybridized carbons (Fsp3) is 0.182. The van der Waals surface area contributed by atoms with Gasteiger partial charge < -0.3 is 5.32 Å². The number of benzene rings is 2. The van der Waals surface area contributed by atoms with Gasteiger partial charge in [-0.05, 0) is 60.9 Å². The maximum Gasteiger partial charge on any atom is 0.417 e. The standard InChI is InChI=1S/C22H16ClF4N3O3S/c23-17-5-1-4-16(22(25,26)27)19(17)21(31)29-18-11-6-13-3-2-12-30(20(13)28-18)34(32,33)15-9-7-14(24)8-10-15/h1,4-11H,2-3,12H2,(H,28,29,31). The van der Waals surface area contributed by atoms with E-state index < -0.39 is 44.1 Å². The van der Waals surface area contributed by atoms with E-state index in [0.717, 1.165) is 46.8 Å².